The lowest BCUT2D eigenvalue weighted by Gasteiger charge is -2.13. The molecular formula is C23H28N6O2. The molecular weight excluding hydrogens is 392 g/mol. The van der Waals surface area contributed by atoms with Crippen molar-refractivity contribution in [2.45, 2.75) is 47.2 Å². The monoisotopic (exact) mass is 420 g/mol. The third-order valence-corrected chi connectivity index (χ3v) is 5.31. The van der Waals surface area contributed by atoms with E-state index in [0.29, 0.717) is 22.3 Å². The minimum Gasteiger partial charge on any atom is -0.404 e. The predicted molar refractivity (Wildman–Crippen MR) is 124 cm³/mol. The molecule has 8 nitrogen and oxygen atoms in total. The second-order valence-corrected chi connectivity index (χ2v) is 7.93. The summed E-state index contributed by atoms with van der Waals surface area (Å²) in [4.78, 5) is 28.3. The van der Waals surface area contributed by atoms with E-state index in [1.165, 1.54) is 6.20 Å². The van der Waals surface area contributed by atoms with Crippen LogP contribution in [0, 0.1) is 26.2 Å². The van der Waals surface area contributed by atoms with Crippen LogP contribution < -0.4 is 16.6 Å². The summed E-state index contributed by atoms with van der Waals surface area (Å²) in [5.74, 6) is -0.320. The zero-order valence-electron chi connectivity index (χ0n) is 18.5. The van der Waals surface area contributed by atoms with E-state index in [4.69, 9.17) is 11.1 Å². The molecule has 0 saturated carbocycles. The second kappa shape index (κ2) is 8.59. The van der Waals surface area contributed by atoms with Gasteiger partial charge in [0.25, 0.3) is 11.5 Å². The topological polar surface area (TPSA) is 130 Å². The Labute approximate surface area is 180 Å². The van der Waals surface area contributed by atoms with Crippen LogP contribution in [0.15, 0.2) is 29.2 Å². The molecule has 8 heteroatoms. The van der Waals surface area contributed by atoms with E-state index in [1.807, 2.05) is 51.4 Å². The number of allylic oxidation sites excluding steroid dienone is 1. The smallest absolute Gasteiger partial charge is 0.253 e. The van der Waals surface area contributed by atoms with Crippen molar-refractivity contribution in [3.63, 3.8) is 0 Å². The number of aromatic nitrogens is 3. The van der Waals surface area contributed by atoms with Crippen LogP contribution in [0.25, 0.3) is 16.5 Å². The number of pyridine rings is 1. The highest BCUT2D eigenvalue weighted by Crippen LogP contribution is 2.29. The molecule has 0 aliphatic carbocycles. The highest BCUT2D eigenvalue weighted by atomic mass is 16.1. The molecule has 0 atom stereocenters. The van der Waals surface area contributed by atoms with Crippen LogP contribution in [0.2, 0.25) is 0 Å². The van der Waals surface area contributed by atoms with E-state index in [1.54, 1.807) is 6.07 Å². The molecule has 0 spiro atoms. The third-order valence-electron chi connectivity index (χ3n) is 5.31. The first-order chi connectivity index (χ1) is 14.7. The number of fused-ring (bicyclic) bond motifs is 1. The molecule has 0 bridgehead atoms. The number of nitrogens with two attached hydrogens (primary N) is 1. The number of benzene rings is 1. The number of hydrogen-bond donors (Lipinski definition) is 4. The molecule has 0 fully saturated rings. The van der Waals surface area contributed by atoms with Crippen LogP contribution in [-0.4, -0.2) is 26.9 Å². The van der Waals surface area contributed by atoms with Gasteiger partial charge in [-0.1, -0.05) is 0 Å². The molecule has 0 saturated heterocycles. The average molecular weight is 421 g/mol. The molecule has 162 valence electrons. The average Bonchev–Trinajstić information content (AvgIpc) is 3.04. The fraction of sp³-hybridized carbons (Fsp3) is 0.304. The number of aromatic amines is 1. The molecule has 1 amide bonds. The Morgan fingerprint density at radius 3 is 2.58 bits per heavy atom. The van der Waals surface area contributed by atoms with E-state index in [2.05, 4.69) is 15.4 Å². The lowest BCUT2D eigenvalue weighted by atomic mass is 9.99. The highest BCUT2D eigenvalue weighted by molar-refractivity contribution is 6.13. The van der Waals surface area contributed by atoms with Crippen molar-refractivity contribution < 1.29 is 4.79 Å². The molecule has 0 radical (unpaired) electrons. The van der Waals surface area contributed by atoms with Crippen LogP contribution >= 0.6 is 0 Å². The van der Waals surface area contributed by atoms with E-state index in [0.717, 1.165) is 34.1 Å². The summed E-state index contributed by atoms with van der Waals surface area (Å²) >= 11 is 0. The summed E-state index contributed by atoms with van der Waals surface area (Å²) in [7, 11) is 0. The molecule has 31 heavy (non-hydrogen) atoms. The summed E-state index contributed by atoms with van der Waals surface area (Å²) in [5, 5.41) is 15.9. The van der Waals surface area contributed by atoms with Crippen molar-refractivity contribution >= 4 is 28.6 Å². The van der Waals surface area contributed by atoms with Gasteiger partial charge in [0.15, 0.2) is 0 Å². The van der Waals surface area contributed by atoms with Gasteiger partial charge in [-0.25, -0.2) is 0 Å². The van der Waals surface area contributed by atoms with Gasteiger partial charge in [0, 0.05) is 47.2 Å². The summed E-state index contributed by atoms with van der Waals surface area (Å²) in [6.07, 6.45) is 2.50. The zero-order chi connectivity index (χ0) is 22.9. The van der Waals surface area contributed by atoms with Crippen LogP contribution in [0.5, 0.6) is 0 Å². The van der Waals surface area contributed by atoms with Gasteiger partial charge < -0.3 is 21.4 Å². The maximum atomic E-state index is 13.2. The quantitative estimate of drug-likeness (QED) is 0.457. The van der Waals surface area contributed by atoms with Gasteiger partial charge in [0.05, 0.1) is 16.8 Å². The van der Waals surface area contributed by atoms with Gasteiger partial charge in [-0.05, 0) is 63.9 Å². The van der Waals surface area contributed by atoms with Crippen LogP contribution in [-0.2, 0) is 6.54 Å². The summed E-state index contributed by atoms with van der Waals surface area (Å²) in [5.41, 5.74) is 10.7. The van der Waals surface area contributed by atoms with E-state index >= 15 is 0 Å². The van der Waals surface area contributed by atoms with Crippen molar-refractivity contribution in [2.75, 3.05) is 0 Å². The number of carbonyl (C=O) groups excluding carboxylic acids is 1. The van der Waals surface area contributed by atoms with Gasteiger partial charge in [0.2, 0.25) is 0 Å². The Balaban J connectivity index is 2.11. The Morgan fingerprint density at radius 1 is 1.29 bits per heavy atom. The Kier molecular flexibility index (Phi) is 6.10. The van der Waals surface area contributed by atoms with Gasteiger partial charge in [-0.3, -0.25) is 14.3 Å². The van der Waals surface area contributed by atoms with E-state index < -0.39 is 0 Å². The zero-order valence-corrected chi connectivity index (χ0v) is 18.5. The first-order valence-corrected chi connectivity index (χ1v) is 10.1. The second-order valence-electron chi connectivity index (χ2n) is 7.93. The Hall–Kier alpha value is -3.68. The maximum Gasteiger partial charge on any atom is 0.253 e. The maximum absolute atomic E-state index is 13.2. The molecule has 2 aromatic heterocycles. The summed E-state index contributed by atoms with van der Waals surface area (Å²) in [6, 6.07) is 5.57. The minimum atomic E-state index is -0.320. The van der Waals surface area contributed by atoms with Gasteiger partial charge in [-0.2, -0.15) is 5.10 Å². The lowest BCUT2D eigenvalue weighted by Crippen LogP contribution is -2.28. The molecule has 3 rings (SSSR count). The lowest BCUT2D eigenvalue weighted by molar-refractivity contribution is 0.0952. The molecule has 0 aliphatic rings. The normalized spacial score (nSPS) is 11.9. The molecule has 1 aromatic carbocycles. The molecule has 5 N–H and O–H groups in total. The SMILES string of the molecule is Cc1cc(C)c(CNC(=O)c2cc(/C(C=N)=C/N)cc3c2c(C)nn3C(C)C)c(=O)[nH]1. The van der Waals surface area contributed by atoms with Crippen molar-refractivity contribution in [3.05, 3.63) is 68.4 Å². The van der Waals surface area contributed by atoms with E-state index in [9.17, 15) is 9.59 Å². The van der Waals surface area contributed by atoms with Crippen molar-refractivity contribution in [2.24, 2.45) is 5.73 Å². The fourth-order valence-electron chi connectivity index (χ4n) is 3.79. The van der Waals surface area contributed by atoms with Gasteiger partial charge >= 0.3 is 0 Å². The van der Waals surface area contributed by atoms with Crippen LogP contribution in [0.1, 0.15) is 58.3 Å². The highest BCUT2D eigenvalue weighted by Gasteiger charge is 2.20. The molecule has 0 aliphatic heterocycles. The predicted octanol–water partition coefficient (Wildman–Crippen LogP) is 3.11. The molecule has 2 heterocycles. The first-order valence-electron chi connectivity index (χ1n) is 10.1. The van der Waals surface area contributed by atoms with Crippen molar-refractivity contribution in [1.29, 1.82) is 5.41 Å². The molecule has 3 aromatic rings. The van der Waals surface area contributed by atoms with E-state index in [-0.39, 0.29) is 24.1 Å². The number of hydrogen-bond acceptors (Lipinski definition) is 5. The number of amides is 1. The largest absolute Gasteiger partial charge is 0.404 e. The number of H-pyrrole nitrogens is 1. The number of carbonyl (C=O) groups is 1. The third kappa shape index (κ3) is 4.14. The van der Waals surface area contributed by atoms with Crippen LogP contribution in [0.4, 0.5) is 0 Å². The van der Waals surface area contributed by atoms with Gasteiger partial charge in [-0.15, -0.1) is 0 Å². The van der Waals surface area contributed by atoms with Gasteiger partial charge in [0.1, 0.15) is 0 Å². The Morgan fingerprint density at radius 2 is 2.00 bits per heavy atom. The standard InChI is InChI=1S/C23H28N6O2/c1-12(2)29-20-8-16(17(9-24)10-25)7-18(21(20)15(5)28-29)22(30)26-11-19-13(3)6-14(4)27-23(19)31/h6-10,12,24H,11,25H2,1-5H3,(H,26,30)(H,27,31)/b17-10+,24-9?. The fourth-order valence-corrected chi connectivity index (χ4v) is 3.79. The van der Waals surface area contributed by atoms with Crippen molar-refractivity contribution in [3.8, 4) is 0 Å². The number of aryl methyl sites for hydroxylation is 3. The minimum absolute atomic E-state index is 0.0846. The first kappa shape index (κ1) is 22.0. The summed E-state index contributed by atoms with van der Waals surface area (Å²) in [6.45, 7) is 9.67. The number of nitrogens with zero attached hydrogens (tertiary/aromatic N) is 2. The summed E-state index contributed by atoms with van der Waals surface area (Å²) < 4.78 is 1.86. The number of rotatable bonds is 6. The molecule has 0 unspecified atom stereocenters. The van der Waals surface area contributed by atoms with Crippen molar-refractivity contribution in [1.82, 2.24) is 20.1 Å². The van der Waals surface area contributed by atoms with Crippen LogP contribution in [0.3, 0.4) is 0 Å². The number of nitrogens with one attached hydrogen (secondary N) is 3. The Bertz CT molecular complexity index is 1260.